The molecule has 0 radical (unpaired) electrons. The van der Waals surface area contributed by atoms with Gasteiger partial charge < -0.3 is 58.0 Å². The molecular weight excluding hydrogens is 644 g/mol. The van der Waals surface area contributed by atoms with Gasteiger partial charge in [-0.3, -0.25) is 4.79 Å². The van der Waals surface area contributed by atoms with Gasteiger partial charge in [-0.05, 0) is 46.5 Å². The van der Waals surface area contributed by atoms with Crippen LogP contribution in [0, 0.1) is 17.8 Å². The number of aliphatic hydroxyl groups is 3. The summed E-state index contributed by atoms with van der Waals surface area (Å²) in [6, 6.07) is 0. The van der Waals surface area contributed by atoms with Crippen LogP contribution in [0.5, 0.6) is 0 Å². The summed E-state index contributed by atoms with van der Waals surface area (Å²) in [5, 5.41) is 32.9. The summed E-state index contributed by atoms with van der Waals surface area (Å²) in [5.41, 5.74) is -1.67. The van der Waals surface area contributed by atoms with Crippen molar-refractivity contribution in [3.63, 3.8) is 0 Å². The highest BCUT2D eigenvalue weighted by molar-refractivity contribution is 5.86. The van der Waals surface area contributed by atoms with Gasteiger partial charge in [0.05, 0.1) is 43.2 Å². The van der Waals surface area contributed by atoms with Gasteiger partial charge in [0.1, 0.15) is 36.1 Å². The van der Waals surface area contributed by atoms with Gasteiger partial charge in [0, 0.05) is 52.1 Å². The van der Waals surface area contributed by atoms with Gasteiger partial charge in [0.2, 0.25) is 0 Å². The van der Waals surface area contributed by atoms with Crippen LogP contribution in [0.3, 0.4) is 0 Å². The Hall–Kier alpha value is -1.56. The van der Waals surface area contributed by atoms with E-state index in [4.69, 9.17) is 42.6 Å². The summed E-state index contributed by atoms with van der Waals surface area (Å²) in [6.07, 6.45) is -4.62. The van der Waals surface area contributed by atoms with E-state index in [1.165, 1.54) is 34.3 Å². The number of carbonyl (C=O) groups is 2. The number of rotatable bonds is 8. The van der Waals surface area contributed by atoms with Crippen LogP contribution in [0.25, 0.3) is 0 Å². The van der Waals surface area contributed by atoms with Gasteiger partial charge in [0.25, 0.3) is 0 Å². The maximum absolute atomic E-state index is 13.4. The summed E-state index contributed by atoms with van der Waals surface area (Å²) in [5.74, 6) is -2.15. The van der Waals surface area contributed by atoms with Gasteiger partial charge in [-0.25, -0.2) is 4.79 Å². The Kier molecular flexibility index (Phi) is 14.2. The van der Waals surface area contributed by atoms with E-state index in [0.29, 0.717) is 12.8 Å². The molecule has 3 N–H and O–H groups in total. The molecule has 0 spiro atoms. The summed E-state index contributed by atoms with van der Waals surface area (Å²) >= 11 is 0. The Morgan fingerprint density at radius 3 is 2.22 bits per heavy atom. The molecular formula is C35H58O14. The Labute approximate surface area is 289 Å². The number of fused-ring (bicyclic) bond motifs is 1. The Morgan fingerprint density at radius 2 is 1.57 bits per heavy atom. The van der Waals surface area contributed by atoms with E-state index in [2.05, 4.69) is 0 Å². The van der Waals surface area contributed by atoms with Crippen LogP contribution in [0.4, 0.5) is 0 Å². The number of methoxy groups -OCH3 is 3. The minimum absolute atomic E-state index is 0.0587. The first-order valence-electron chi connectivity index (χ1n) is 17.4. The van der Waals surface area contributed by atoms with Crippen molar-refractivity contribution in [3.05, 3.63) is 12.2 Å². The second kappa shape index (κ2) is 17.3. The minimum atomic E-state index is -1.67. The third-order valence-corrected chi connectivity index (χ3v) is 10.5. The van der Waals surface area contributed by atoms with Crippen LogP contribution in [0.15, 0.2) is 12.2 Å². The van der Waals surface area contributed by atoms with Crippen molar-refractivity contribution in [1.82, 2.24) is 0 Å². The van der Waals surface area contributed by atoms with Crippen LogP contribution in [0.1, 0.15) is 67.2 Å². The number of cyclic esters (lactones) is 1. The van der Waals surface area contributed by atoms with Crippen molar-refractivity contribution in [3.8, 4) is 0 Å². The molecule has 0 aliphatic carbocycles. The number of ketones is 1. The minimum Gasteiger partial charge on any atom is -0.459 e. The maximum Gasteiger partial charge on any atom is 0.330 e. The number of Topliss-reactive ketones (excluding diaryl/α,β-unsaturated/α-hetero) is 1. The average Bonchev–Trinajstić information content (AvgIpc) is 3.82. The van der Waals surface area contributed by atoms with E-state index in [1.807, 2.05) is 20.8 Å². The van der Waals surface area contributed by atoms with Crippen LogP contribution < -0.4 is 0 Å². The molecule has 14 nitrogen and oxygen atoms in total. The summed E-state index contributed by atoms with van der Waals surface area (Å²) < 4.78 is 52.8. The Morgan fingerprint density at radius 1 is 0.878 bits per heavy atom. The van der Waals surface area contributed by atoms with Crippen LogP contribution in [-0.4, -0.2) is 140 Å². The average molecular weight is 703 g/mol. The number of epoxide rings is 1. The molecule has 4 rings (SSSR count). The zero-order valence-electron chi connectivity index (χ0n) is 30.3. The van der Waals surface area contributed by atoms with E-state index < -0.39 is 84.8 Å². The number of aliphatic hydroxyl groups excluding tert-OH is 2. The predicted octanol–water partition coefficient (Wildman–Crippen LogP) is 1.68. The van der Waals surface area contributed by atoms with Crippen LogP contribution >= 0.6 is 0 Å². The van der Waals surface area contributed by atoms with Gasteiger partial charge in [-0.2, -0.15) is 0 Å². The third kappa shape index (κ3) is 9.86. The molecule has 0 unspecified atom stereocenters. The second-order valence-electron chi connectivity index (χ2n) is 14.4. The van der Waals surface area contributed by atoms with Crippen molar-refractivity contribution >= 4 is 11.8 Å². The first-order chi connectivity index (χ1) is 23.1. The van der Waals surface area contributed by atoms with Crippen LogP contribution in [0.2, 0.25) is 0 Å². The van der Waals surface area contributed by atoms with Crippen LogP contribution in [-0.2, 0) is 52.2 Å². The standard InChI is InChI=1S/C35H58O14/c1-17-10-13-26(37)46-20(4)22(16-44-34-32(43-9)31(42-8)27(38)21(5)47-34)30-23(48-30)11-12-25(36)35(6,40)15-18(2)29(17)49-33-28(39)24(41-7)14-19(3)45-33/h10,13,17-24,27-34,38-40H,11-12,14-16H2,1-9H3/b13-10+/t17-,18-,19+,20+,21+,22+,23+,24-,27+,28+,29+,30-,31+,32+,33-,34+,35-/m0/s1. The highest BCUT2D eigenvalue weighted by Gasteiger charge is 2.51. The van der Waals surface area contributed by atoms with Crippen molar-refractivity contribution in [2.45, 2.75) is 153 Å². The molecule has 0 saturated carbocycles. The fourth-order valence-corrected chi connectivity index (χ4v) is 7.44. The number of hydrogen-bond donors (Lipinski definition) is 3. The second-order valence-corrected chi connectivity index (χ2v) is 14.4. The summed E-state index contributed by atoms with van der Waals surface area (Å²) in [7, 11) is 4.48. The number of esters is 1. The van der Waals surface area contributed by atoms with Crippen molar-refractivity contribution in [1.29, 1.82) is 0 Å². The predicted molar refractivity (Wildman–Crippen MR) is 173 cm³/mol. The molecule has 49 heavy (non-hydrogen) atoms. The lowest BCUT2D eigenvalue weighted by Crippen LogP contribution is -2.59. The normalized spacial score (nSPS) is 48.0. The molecule has 0 bridgehead atoms. The molecule has 3 saturated heterocycles. The molecule has 17 atom stereocenters. The van der Waals surface area contributed by atoms with E-state index in [9.17, 15) is 24.9 Å². The lowest BCUT2D eigenvalue weighted by atomic mass is 9.81. The Balaban J connectivity index is 1.54. The van der Waals surface area contributed by atoms with Crippen molar-refractivity contribution in [2.24, 2.45) is 17.8 Å². The topological polar surface area (TPSA) is 181 Å². The molecule has 0 aromatic carbocycles. The maximum atomic E-state index is 13.4. The fourth-order valence-electron chi connectivity index (χ4n) is 7.44. The zero-order chi connectivity index (χ0) is 36.2. The fraction of sp³-hybridized carbons (Fsp3) is 0.886. The highest BCUT2D eigenvalue weighted by atomic mass is 16.7. The van der Waals surface area contributed by atoms with Gasteiger partial charge in [-0.1, -0.05) is 19.9 Å². The number of carbonyl (C=O) groups excluding carboxylic acids is 2. The molecule has 3 fully saturated rings. The zero-order valence-corrected chi connectivity index (χ0v) is 30.3. The third-order valence-electron chi connectivity index (χ3n) is 10.5. The SMILES string of the molecule is CO[C@@H]1[C@H](O)[C@@H](C)O[C@@H](OC[C@H]2[C@@H]3O[C@@H]3CCC(=O)[C@@](C)(O)C[C@H](C)[C@H](O[C@@H]3O[C@H](C)C[C@H](OC)[C@H]3O)[C@@H](C)/C=C/C(=O)O[C@@H]2C)[C@@H]1OC. The monoisotopic (exact) mass is 702 g/mol. The smallest absolute Gasteiger partial charge is 0.330 e. The molecule has 282 valence electrons. The molecule has 4 aliphatic heterocycles. The van der Waals surface area contributed by atoms with Gasteiger partial charge >= 0.3 is 5.97 Å². The highest BCUT2D eigenvalue weighted by Crippen LogP contribution is 2.38. The first kappa shape index (κ1) is 40.2. The summed E-state index contributed by atoms with van der Waals surface area (Å²) in [6.45, 7) is 10.6. The van der Waals surface area contributed by atoms with Gasteiger partial charge in [-0.15, -0.1) is 0 Å². The molecule has 4 heterocycles. The molecule has 0 amide bonds. The molecule has 4 aliphatic rings. The largest absolute Gasteiger partial charge is 0.459 e. The van der Waals surface area contributed by atoms with Crippen molar-refractivity contribution in [2.75, 3.05) is 27.9 Å². The quantitative estimate of drug-likeness (QED) is 0.246. The Bertz CT molecular complexity index is 1120. The van der Waals surface area contributed by atoms with E-state index in [1.54, 1.807) is 19.9 Å². The lowest BCUT2D eigenvalue weighted by Gasteiger charge is -2.42. The molecule has 0 aromatic heterocycles. The molecule has 0 aromatic rings. The van der Waals surface area contributed by atoms with E-state index in [0.717, 1.165) is 0 Å². The first-order valence-corrected chi connectivity index (χ1v) is 17.4. The van der Waals surface area contributed by atoms with E-state index in [-0.39, 0.29) is 49.5 Å². The number of ether oxygens (including phenoxy) is 9. The lowest BCUT2D eigenvalue weighted by molar-refractivity contribution is -0.305. The summed E-state index contributed by atoms with van der Waals surface area (Å²) in [4.78, 5) is 26.6. The van der Waals surface area contributed by atoms with E-state index >= 15 is 0 Å². The number of hydrogen-bond acceptors (Lipinski definition) is 14. The van der Waals surface area contributed by atoms with Crippen molar-refractivity contribution < 1.29 is 67.5 Å². The van der Waals surface area contributed by atoms with Gasteiger partial charge in [0.15, 0.2) is 18.4 Å². The molecule has 14 heteroatoms.